The number of ether oxygens (including phenoxy) is 1. The lowest BCUT2D eigenvalue weighted by Crippen LogP contribution is -2.15. The van der Waals surface area contributed by atoms with E-state index in [1.54, 1.807) is 18.4 Å². The highest BCUT2D eigenvalue weighted by Gasteiger charge is 2.15. The number of hydrogen-bond acceptors (Lipinski definition) is 7. The molecule has 1 aromatic carbocycles. The van der Waals surface area contributed by atoms with Gasteiger partial charge in [-0.2, -0.15) is 9.61 Å². The van der Waals surface area contributed by atoms with Gasteiger partial charge in [0.1, 0.15) is 15.6 Å². The molecule has 3 aromatic heterocycles. The highest BCUT2D eigenvalue weighted by molar-refractivity contribution is 7.19. The molecule has 0 atom stereocenters. The Hall–Kier alpha value is -2.45. The summed E-state index contributed by atoms with van der Waals surface area (Å²) in [7, 11) is 1.64. The van der Waals surface area contributed by atoms with Crippen LogP contribution in [-0.2, 0) is 6.54 Å². The van der Waals surface area contributed by atoms with E-state index in [2.05, 4.69) is 15.4 Å². The number of aromatic nitrogens is 3. The highest BCUT2D eigenvalue weighted by Crippen LogP contribution is 2.27. The van der Waals surface area contributed by atoms with E-state index in [1.165, 1.54) is 15.9 Å². The second-order valence-corrected chi connectivity index (χ2v) is 7.90. The fourth-order valence-electron chi connectivity index (χ4n) is 2.62. The molecule has 4 aromatic rings. The van der Waals surface area contributed by atoms with Crippen molar-refractivity contribution in [3.05, 3.63) is 50.1 Å². The van der Waals surface area contributed by atoms with Crippen LogP contribution in [0.3, 0.4) is 0 Å². The number of aryl methyl sites for hydroxylation is 2. The van der Waals surface area contributed by atoms with Crippen LogP contribution in [0.15, 0.2) is 29.1 Å². The van der Waals surface area contributed by atoms with Crippen molar-refractivity contribution in [3.63, 3.8) is 0 Å². The topological polar surface area (TPSA) is 68.5 Å². The number of benzene rings is 1. The molecule has 0 bridgehead atoms. The van der Waals surface area contributed by atoms with Gasteiger partial charge in [0.25, 0.3) is 5.56 Å². The van der Waals surface area contributed by atoms with Gasteiger partial charge in [-0.25, -0.2) is 4.98 Å². The zero-order valence-corrected chi connectivity index (χ0v) is 15.6. The number of rotatable bonds is 4. The van der Waals surface area contributed by atoms with Crippen molar-refractivity contribution < 1.29 is 4.74 Å². The van der Waals surface area contributed by atoms with Crippen LogP contribution in [0.2, 0.25) is 0 Å². The van der Waals surface area contributed by atoms with Crippen LogP contribution in [0.4, 0.5) is 5.69 Å². The molecule has 6 nitrogen and oxygen atoms in total. The predicted octanol–water partition coefficient (Wildman–Crippen LogP) is 3.60. The van der Waals surface area contributed by atoms with Crippen molar-refractivity contribution in [1.29, 1.82) is 0 Å². The molecule has 0 fully saturated rings. The van der Waals surface area contributed by atoms with Crippen LogP contribution in [0.1, 0.15) is 15.4 Å². The number of nitrogens with zero attached hydrogens (tertiary/aromatic N) is 3. The van der Waals surface area contributed by atoms with Gasteiger partial charge in [0.2, 0.25) is 4.96 Å². The first-order valence-electron chi connectivity index (χ1n) is 7.73. The van der Waals surface area contributed by atoms with Gasteiger partial charge in [-0.3, -0.25) is 4.79 Å². The van der Waals surface area contributed by atoms with Crippen LogP contribution in [0.5, 0.6) is 5.75 Å². The Kier molecular flexibility index (Phi) is 3.93. The summed E-state index contributed by atoms with van der Waals surface area (Å²) in [6, 6.07) is 7.68. The summed E-state index contributed by atoms with van der Waals surface area (Å²) in [5, 5.41) is 9.23. The Morgan fingerprint density at radius 1 is 1.20 bits per heavy atom. The summed E-state index contributed by atoms with van der Waals surface area (Å²) >= 11 is 2.99. The number of hydrogen-bond donors (Lipinski definition) is 1. The Labute approximate surface area is 151 Å². The predicted molar refractivity (Wildman–Crippen MR) is 102 cm³/mol. The number of methoxy groups -OCH3 is 1. The van der Waals surface area contributed by atoms with E-state index in [0.717, 1.165) is 31.7 Å². The van der Waals surface area contributed by atoms with Gasteiger partial charge in [0.05, 0.1) is 19.0 Å². The lowest BCUT2D eigenvalue weighted by molar-refractivity contribution is 0.415. The second-order valence-electron chi connectivity index (χ2n) is 5.65. The molecule has 3 heterocycles. The maximum absolute atomic E-state index is 12.7. The molecule has 0 amide bonds. The molecule has 8 heteroatoms. The van der Waals surface area contributed by atoms with Crippen molar-refractivity contribution in [3.8, 4) is 5.75 Å². The van der Waals surface area contributed by atoms with Gasteiger partial charge in [0, 0.05) is 10.6 Å². The smallest absolute Gasteiger partial charge is 0.284 e. The van der Waals surface area contributed by atoms with Crippen molar-refractivity contribution in [2.24, 2.45) is 0 Å². The SMILES string of the molecule is COc1ccc(NCc2nn3c(=O)c4c(C)c(C)sc4nc3s2)cc1. The standard InChI is InChI=1S/C17H16N4O2S2/c1-9-10(2)24-15-14(9)16(22)21-17(19-15)25-13(20-21)8-18-11-4-6-12(23-3)7-5-11/h4-7,18H,8H2,1-3H3. The Morgan fingerprint density at radius 3 is 2.68 bits per heavy atom. The van der Waals surface area contributed by atoms with Crippen LogP contribution >= 0.6 is 22.7 Å². The molecular weight excluding hydrogens is 356 g/mol. The maximum Gasteiger partial charge on any atom is 0.284 e. The first-order chi connectivity index (χ1) is 12.1. The van der Waals surface area contributed by atoms with Crippen LogP contribution in [-0.4, -0.2) is 21.7 Å². The van der Waals surface area contributed by atoms with E-state index < -0.39 is 0 Å². The third-order valence-corrected chi connectivity index (χ3v) is 6.12. The lowest BCUT2D eigenvalue weighted by atomic mass is 10.2. The monoisotopic (exact) mass is 372 g/mol. The minimum absolute atomic E-state index is 0.0891. The van der Waals surface area contributed by atoms with Gasteiger partial charge in [-0.15, -0.1) is 11.3 Å². The van der Waals surface area contributed by atoms with Gasteiger partial charge in [-0.1, -0.05) is 11.3 Å². The fourth-order valence-corrected chi connectivity index (χ4v) is 4.52. The van der Waals surface area contributed by atoms with E-state index in [0.29, 0.717) is 16.9 Å². The average molecular weight is 372 g/mol. The number of fused-ring (bicyclic) bond motifs is 2. The molecule has 128 valence electrons. The van der Waals surface area contributed by atoms with Crippen LogP contribution < -0.4 is 15.6 Å². The molecule has 0 spiro atoms. The molecule has 0 radical (unpaired) electrons. The molecule has 0 aliphatic heterocycles. The van der Waals surface area contributed by atoms with Gasteiger partial charge < -0.3 is 10.1 Å². The third kappa shape index (κ3) is 2.77. The largest absolute Gasteiger partial charge is 0.497 e. The summed E-state index contributed by atoms with van der Waals surface area (Å²) in [4.78, 5) is 19.9. The highest BCUT2D eigenvalue weighted by atomic mass is 32.1. The summed E-state index contributed by atoms with van der Waals surface area (Å²) in [5.41, 5.74) is 1.87. The number of nitrogens with one attached hydrogen (secondary N) is 1. The van der Waals surface area contributed by atoms with Gasteiger partial charge in [-0.05, 0) is 43.7 Å². The zero-order valence-electron chi connectivity index (χ0n) is 14.0. The van der Waals surface area contributed by atoms with Crippen LogP contribution in [0, 0.1) is 13.8 Å². The quantitative estimate of drug-likeness (QED) is 0.593. The molecule has 0 aliphatic carbocycles. The molecule has 4 rings (SSSR count). The van der Waals surface area contributed by atoms with E-state index >= 15 is 0 Å². The molecule has 0 saturated carbocycles. The average Bonchev–Trinajstić information content (AvgIpc) is 3.15. The third-order valence-electron chi connectivity index (χ3n) is 4.11. The summed E-state index contributed by atoms with van der Waals surface area (Å²) in [5.74, 6) is 0.812. The van der Waals surface area contributed by atoms with E-state index in [9.17, 15) is 4.79 Å². The summed E-state index contributed by atoms with van der Waals surface area (Å²) < 4.78 is 6.56. The van der Waals surface area contributed by atoms with Crippen molar-refractivity contribution in [2.45, 2.75) is 20.4 Å². The normalized spacial score (nSPS) is 11.3. The first kappa shape index (κ1) is 16.0. The minimum atomic E-state index is -0.0891. The molecule has 0 unspecified atom stereocenters. The first-order valence-corrected chi connectivity index (χ1v) is 9.36. The van der Waals surface area contributed by atoms with E-state index in [4.69, 9.17) is 4.74 Å². The summed E-state index contributed by atoms with van der Waals surface area (Å²) in [6.07, 6.45) is 0. The fraction of sp³-hybridized carbons (Fsp3) is 0.235. The molecule has 0 saturated heterocycles. The van der Waals surface area contributed by atoms with Gasteiger partial charge >= 0.3 is 0 Å². The molecule has 0 aliphatic rings. The lowest BCUT2D eigenvalue weighted by Gasteiger charge is -2.04. The maximum atomic E-state index is 12.7. The zero-order chi connectivity index (χ0) is 17.6. The second kappa shape index (κ2) is 6.12. The Bertz CT molecular complexity index is 1130. The van der Waals surface area contributed by atoms with Crippen molar-refractivity contribution >= 4 is 43.5 Å². The molecule has 25 heavy (non-hydrogen) atoms. The van der Waals surface area contributed by atoms with Gasteiger partial charge in [0.15, 0.2) is 0 Å². The summed E-state index contributed by atoms with van der Waals surface area (Å²) in [6.45, 7) is 4.51. The van der Waals surface area contributed by atoms with Crippen molar-refractivity contribution in [1.82, 2.24) is 14.6 Å². The molecule has 1 N–H and O–H groups in total. The minimum Gasteiger partial charge on any atom is -0.497 e. The Morgan fingerprint density at radius 2 is 1.96 bits per heavy atom. The Balaban J connectivity index is 1.65. The van der Waals surface area contributed by atoms with Crippen molar-refractivity contribution in [2.75, 3.05) is 12.4 Å². The van der Waals surface area contributed by atoms with E-state index in [-0.39, 0.29) is 5.56 Å². The number of anilines is 1. The van der Waals surface area contributed by atoms with E-state index in [1.807, 2.05) is 38.1 Å². The van der Waals surface area contributed by atoms with Crippen LogP contribution in [0.25, 0.3) is 15.2 Å². The molecular formula is C17H16N4O2S2. The number of thiophene rings is 1.